The van der Waals surface area contributed by atoms with Gasteiger partial charge in [-0.25, -0.2) is 0 Å². The summed E-state index contributed by atoms with van der Waals surface area (Å²) in [6, 6.07) is 24.0. The maximum Gasteiger partial charge on any atom is 0.310 e. The van der Waals surface area contributed by atoms with Crippen LogP contribution in [0.3, 0.4) is 0 Å². The van der Waals surface area contributed by atoms with E-state index in [9.17, 15) is 9.59 Å². The fraction of sp³-hybridized carbons (Fsp3) is 0.229. The maximum absolute atomic E-state index is 11.9. The van der Waals surface area contributed by atoms with Crippen molar-refractivity contribution in [2.24, 2.45) is 5.92 Å². The number of aromatic nitrogens is 2. The van der Waals surface area contributed by atoms with Crippen molar-refractivity contribution >= 4 is 46.4 Å². The van der Waals surface area contributed by atoms with Crippen molar-refractivity contribution in [2.45, 2.75) is 19.5 Å². The molecule has 1 atom stereocenters. The first kappa shape index (κ1) is 29.9. The van der Waals surface area contributed by atoms with Crippen LogP contribution in [-0.4, -0.2) is 54.2 Å². The molecule has 6 rings (SSSR count). The van der Waals surface area contributed by atoms with E-state index in [0.29, 0.717) is 27.9 Å². The molecule has 2 heterocycles. The van der Waals surface area contributed by atoms with Crippen LogP contribution in [0.2, 0.25) is 10.0 Å². The van der Waals surface area contributed by atoms with E-state index >= 15 is 0 Å². The highest BCUT2D eigenvalue weighted by molar-refractivity contribution is 6.36. The standard InChI is InChI=1S/C35H31Cl2N3O4/c1-43-33-16-25(31(36)15-26(33)21-41)20-40-32-8-4-6-28(30(32)17-38-40)29-7-3-5-27(34(29)37)23-11-9-22(10-12-23)18-39-14-13-24(19-39)35(42)44-2/h3-12,15-17,21,24H,13-14,18-20H2,1-2H3/t24-/m1/s1. The van der Waals surface area contributed by atoms with Crippen LogP contribution < -0.4 is 4.74 Å². The number of carbonyl (C=O) groups excluding carboxylic acids is 2. The van der Waals surface area contributed by atoms with Crippen molar-refractivity contribution in [1.29, 1.82) is 0 Å². The van der Waals surface area contributed by atoms with Gasteiger partial charge in [-0.3, -0.25) is 19.2 Å². The lowest BCUT2D eigenvalue weighted by Gasteiger charge is -2.16. The number of methoxy groups -OCH3 is 2. The Morgan fingerprint density at radius 2 is 1.73 bits per heavy atom. The Balaban J connectivity index is 1.26. The van der Waals surface area contributed by atoms with Gasteiger partial charge >= 0.3 is 5.97 Å². The number of benzene rings is 4. The number of fused-ring (bicyclic) bond motifs is 1. The summed E-state index contributed by atoms with van der Waals surface area (Å²) >= 11 is 13.6. The predicted octanol–water partition coefficient (Wildman–Crippen LogP) is 7.54. The highest BCUT2D eigenvalue weighted by Crippen LogP contribution is 2.39. The van der Waals surface area contributed by atoms with Crippen molar-refractivity contribution in [3.63, 3.8) is 0 Å². The summed E-state index contributed by atoms with van der Waals surface area (Å²) in [5.41, 5.74) is 7.17. The first-order valence-corrected chi connectivity index (χ1v) is 15.1. The summed E-state index contributed by atoms with van der Waals surface area (Å²) in [5, 5.41) is 6.77. The quantitative estimate of drug-likeness (QED) is 0.124. The molecule has 0 unspecified atom stereocenters. The Hall–Kier alpha value is -4.17. The number of nitrogens with zero attached hydrogens (tertiary/aromatic N) is 3. The lowest BCUT2D eigenvalue weighted by molar-refractivity contribution is -0.144. The number of likely N-dealkylation sites (tertiary alicyclic amines) is 1. The molecule has 5 aromatic rings. The molecule has 0 spiro atoms. The lowest BCUT2D eigenvalue weighted by atomic mass is 9.96. The number of esters is 1. The van der Waals surface area contributed by atoms with Gasteiger partial charge in [0.1, 0.15) is 5.75 Å². The zero-order valence-corrected chi connectivity index (χ0v) is 25.9. The molecule has 9 heteroatoms. The summed E-state index contributed by atoms with van der Waals surface area (Å²) in [4.78, 5) is 25.6. The molecule has 1 fully saturated rings. The summed E-state index contributed by atoms with van der Waals surface area (Å²) in [7, 11) is 2.98. The SMILES string of the molecule is COC(=O)[C@@H]1CCN(Cc2ccc(-c3cccc(-c4cccc5c4cnn5Cc4cc(OC)c(C=O)cc4Cl)c3Cl)cc2)C1. The van der Waals surface area contributed by atoms with Gasteiger partial charge in [0.25, 0.3) is 0 Å². The maximum atomic E-state index is 11.9. The van der Waals surface area contributed by atoms with E-state index in [1.807, 2.05) is 41.2 Å². The number of halogens is 2. The summed E-state index contributed by atoms with van der Waals surface area (Å²) in [6.07, 6.45) is 3.40. The number of aldehydes is 1. The Morgan fingerprint density at radius 3 is 2.48 bits per heavy atom. The molecule has 0 amide bonds. The number of carbonyl (C=O) groups is 2. The van der Waals surface area contributed by atoms with E-state index in [2.05, 4.69) is 40.3 Å². The second-order valence-corrected chi connectivity index (χ2v) is 11.7. The van der Waals surface area contributed by atoms with Crippen LogP contribution in [0.4, 0.5) is 0 Å². The fourth-order valence-electron chi connectivity index (χ4n) is 5.97. The molecule has 0 N–H and O–H groups in total. The van der Waals surface area contributed by atoms with Gasteiger partial charge in [0.15, 0.2) is 6.29 Å². The minimum Gasteiger partial charge on any atom is -0.496 e. The van der Waals surface area contributed by atoms with E-state index in [1.165, 1.54) is 19.8 Å². The Bertz CT molecular complexity index is 1850. The third-order valence-electron chi connectivity index (χ3n) is 8.30. The van der Waals surface area contributed by atoms with Crippen LogP contribution in [0, 0.1) is 5.92 Å². The minimum absolute atomic E-state index is 0.0475. The topological polar surface area (TPSA) is 73.7 Å². The predicted molar refractivity (Wildman–Crippen MR) is 174 cm³/mol. The largest absolute Gasteiger partial charge is 0.496 e. The van der Waals surface area contributed by atoms with Crippen molar-refractivity contribution in [3.8, 4) is 28.0 Å². The van der Waals surface area contributed by atoms with E-state index in [4.69, 9.17) is 32.7 Å². The molecule has 1 saturated heterocycles. The van der Waals surface area contributed by atoms with Crippen molar-refractivity contribution in [1.82, 2.24) is 14.7 Å². The van der Waals surface area contributed by atoms with Gasteiger partial charge < -0.3 is 9.47 Å². The third kappa shape index (κ3) is 5.83. The van der Waals surface area contributed by atoms with Crippen molar-refractivity contribution < 1.29 is 19.1 Å². The van der Waals surface area contributed by atoms with E-state index in [-0.39, 0.29) is 11.9 Å². The second-order valence-electron chi connectivity index (χ2n) is 11.0. The molecule has 1 aromatic heterocycles. The summed E-state index contributed by atoms with van der Waals surface area (Å²) in [6.45, 7) is 2.79. The van der Waals surface area contributed by atoms with Gasteiger partial charge in [0.05, 0.1) is 49.0 Å². The highest BCUT2D eigenvalue weighted by atomic mass is 35.5. The monoisotopic (exact) mass is 627 g/mol. The summed E-state index contributed by atoms with van der Waals surface area (Å²) in [5.74, 6) is 0.293. The van der Waals surface area contributed by atoms with Crippen LogP contribution in [0.25, 0.3) is 33.2 Å². The van der Waals surface area contributed by atoms with E-state index in [1.54, 1.807) is 12.1 Å². The molecular weight excluding hydrogens is 597 g/mol. The highest BCUT2D eigenvalue weighted by Gasteiger charge is 2.28. The van der Waals surface area contributed by atoms with Crippen LogP contribution in [0.15, 0.2) is 79.0 Å². The number of hydrogen-bond donors (Lipinski definition) is 0. The van der Waals surface area contributed by atoms with Gasteiger partial charge in [0, 0.05) is 34.6 Å². The molecule has 4 aromatic carbocycles. The summed E-state index contributed by atoms with van der Waals surface area (Å²) < 4.78 is 12.2. The van der Waals surface area contributed by atoms with Gasteiger partial charge in [0.2, 0.25) is 0 Å². The fourth-order valence-corrected chi connectivity index (χ4v) is 6.54. The Kier molecular flexibility index (Phi) is 8.71. The van der Waals surface area contributed by atoms with Gasteiger partial charge in [-0.2, -0.15) is 5.10 Å². The molecule has 224 valence electrons. The average molecular weight is 629 g/mol. The zero-order chi connectivity index (χ0) is 30.8. The van der Waals surface area contributed by atoms with Gasteiger partial charge in [-0.15, -0.1) is 0 Å². The van der Waals surface area contributed by atoms with E-state index in [0.717, 1.165) is 71.1 Å². The molecule has 0 bridgehead atoms. The van der Waals surface area contributed by atoms with Gasteiger partial charge in [-0.05, 0) is 53.4 Å². The zero-order valence-electron chi connectivity index (χ0n) is 24.4. The Labute approximate surface area is 265 Å². The number of rotatable bonds is 9. The first-order valence-electron chi connectivity index (χ1n) is 14.3. The van der Waals surface area contributed by atoms with Crippen LogP contribution in [0.5, 0.6) is 5.75 Å². The number of ether oxygens (including phenoxy) is 2. The molecule has 44 heavy (non-hydrogen) atoms. The van der Waals surface area contributed by atoms with Crippen LogP contribution in [-0.2, 0) is 22.6 Å². The number of hydrogen-bond acceptors (Lipinski definition) is 6. The molecular formula is C35H31Cl2N3O4. The smallest absolute Gasteiger partial charge is 0.310 e. The molecule has 7 nitrogen and oxygen atoms in total. The van der Waals surface area contributed by atoms with Crippen LogP contribution >= 0.6 is 23.2 Å². The normalized spacial score (nSPS) is 15.0. The first-order chi connectivity index (χ1) is 21.4. The van der Waals surface area contributed by atoms with Crippen LogP contribution in [0.1, 0.15) is 27.9 Å². The molecule has 1 aliphatic heterocycles. The Morgan fingerprint density at radius 1 is 0.977 bits per heavy atom. The molecule has 0 aliphatic carbocycles. The lowest BCUT2D eigenvalue weighted by Crippen LogP contribution is -2.23. The molecule has 0 radical (unpaired) electrons. The van der Waals surface area contributed by atoms with Crippen molar-refractivity contribution in [2.75, 3.05) is 27.3 Å². The minimum atomic E-state index is -0.129. The average Bonchev–Trinajstić information content (AvgIpc) is 3.69. The second kappa shape index (κ2) is 12.8. The van der Waals surface area contributed by atoms with Gasteiger partial charge in [-0.1, -0.05) is 77.8 Å². The molecule has 1 aliphatic rings. The third-order valence-corrected chi connectivity index (χ3v) is 9.06. The van der Waals surface area contributed by atoms with E-state index < -0.39 is 0 Å². The van der Waals surface area contributed by atoms with Crippen molar-refractivity contribution in [3.05, 3.63) is 106 Å². The molecule has 0 saturated carbocycles.